The Kier molecular flexibility index (Phi) is 4.76. The summed E-state index contributed by atoms with van der Waals surface area (Å²) in [6.45, 7) is 1.97. The van der Waals surface area contributed by atoms with Gasteiger partial charge in [-0.25, -0.2) is 4.39 Å². The van der Waals surface area contributed by atoms with E-state index in [0.29, 0.717) is 12.4 Å². The topological polar surface area (TPSA) is 43.3 Å². The highest BCUT2D eigenvalue weighted by Crippen LogP contribution is 2.49. The highest BCUT2D eigenvalue weighted by atomic mass is 19.1. The third kappa shape index (κ3) is 3.11. The van der Waals surface area contributed by atoms with Crippen LogP contribution in [0.5, 0.6) is 5.75 Å². The Labute approximate surface area is 170 Å². The highest BCUT2D eigenvalue weighted by molar-refractivity contribution is 6.07. The maximum atomic E-state index is 14.0. The molecule has 5 nitrogen and oxygen atoms in total. The number of fused-ring (bicyclic) bond motifs is 3. The summed E-state index contributed by atoms with van der Waals surface area (Å²) in [5.74, 6) is 0.407. The summed E-state index contributed by atoms with van der Waals surface area (Å²) in [6.07, 6.45) is 2.29. The number of hydrazone groups is 1. The van der Waals surface area contributed by atoms with Crippen molar-refractivity contribution in [1.29, 1.82) is 0 Å². The second-order valence-electron chi connectivity index (χ2n) is 7.87. The quantitative estimate of drug-likeness (QED) is 0.786. The number of hydrogen-bond acceptors (Lipinski definition) is 5. The van der Waals surface area contributed by atoms with Crippen molar-refractivity contribution in [2.24, 2.45) is 11.0 Å². The first-order valence-corrected chi connectivity index (χ1v) is 10.2. The molecule has 2 aromatic carbocycles. The molecule has 5 rings (SSSR count). The van der Waals surface area contributed by atoms with Gasteiger partial charge >= 0.3 is 0 Å². The zero-order valence-corrected chi connectivity index (χ0v) is 16.5. The van der Waals surface area contributed by atoms with E-state index in [-0.39, 0.29) is 18.0 Å². The second kappa shape index (κ2) is 7.43. The molecule has 1 fully saturated rings. The maximum absolute atomic E-state index is 14.0. The maximum Gasteiger partial charge on any atom is 0.157 e. The molecule has 0 amide bonds. The van der Waals surface area contributed by atoms with Crippen molar-refractivity contribution in [3.05, 3.63) is 65.5 Å². The average Bonchev–Trinajstić information content (AvgIpc) is 3.06. The van der Waals surface area contributed by atoms with E-state index in [1.54, 1.807) is 6.07 Å². The summed E-state index contributed by atoms with van der Waals surface area (Å²) in [5.41, 5.74) is 2.41. The molecule has 3 heterocycles. The Bertz CT molecular complexity index is 914. The first kappa shape index (κ1) is 18.6. The number of benzene rings is 2. The standard InChI is InChI=1S/C23H25FN2O3/c1-26-23(16-6-3-2-4-7-16,11-10-21-27-12-5-13-28-21)19-15-29-20-9-8-17(24)14-18(20)22(19)25-26/h2-4,6-9,14,19,21H,5,10-13,15H2,1H3. The fourth-order valence-corrected chi connectivity index (χ4v) is 4.87. The molecule has 6 heteroatoms. The van der Waals surface area contributed by atoms with Gasteiger partial charge in [0.2, 0.25) is 0 Å². The van der Waals surface area contributed by atoms with Gasteiger partial charge in [0.05, 0.1) is 37.0 Å². The molecular formula is C23H25FN2O3. The third-order valence-corrected chi connectivity index (χ3v) is 6.30. The molecule has 0 aliphatic carbocycles. The summed E-state index contributed by atoms with van der Waals surface area (Å²) in [4.78, 5) is 0. The molecular weight excluding hydrogens is 371 g/mol. The Morgan fingerprint density at radius 2 is 1.93 bits per heavy atom. The van der Waals surface area contributed by atoms with Gasteiger partial charge in [-0.1, -0.05) is 30.3 Å². The molecule has 152 valence electrons. The highest BCUT2D eigenvalue weighted by Gasteiger charge is 2.53. The van der Waals surface area contributed by atoms with Crippen molar-refractivity contribution in [2.75, 3.05) is 26.9 Å². The van der Waals surface area contributed by atoms with E-state index in [4.69, 9.17) is 19.3 Å². The largest absolute Gasteiger partial charge is 0.492 e. The summed E-state index contributed by atoms with van der Waals surface area (Å²) < 4.78 is 31.7. The molecule has 0 radical (unpaired) electrons. The zero-order valence-electron chi connectivity index (χ0n) is 16.5. The van der Waals surface area contributed by atoms with Crippen LogP contribution in [0.1, 0.15) is 30.4 Å². The third-order valence-electron chi connectivity index (χ3n) is 6.30. The van der Waals surface area contributed by atoms with Gasteiger partial charge in [0.15, 0.2) is 6.29 Å². The summed E-state index contributed by atoms with van der Waals surface area (Å²) in [6, 6.07) is 15.0. The van der Waals surface area contributed by atoms with Gasteiger partial charge in [-0.05, 0) is 36.6 Å². The first-order valence-electron chi connectivity index (χ1n) is 10.2. The first-order chi connectivity index (χ1) is 14.2. The molecule has 0 N–H and O–H groups in total. The molecule has 2 atom stereocenters. The van der Waals surface area contributed by atoms with E-state index >= 15 is 0 Å². The van der Waals surface area contributed by atoms with Crippen molar-refractivity contribution in [1.82, 2.24) is 5.01 Å². The Morgan fingerprint density at radius 1 is 1.14 bits per heavy atom. The van der Waals surface area contributed by atoms with Gasteiger partial charge in [0.1, 0.15) is 11.6 Å². The van der Waals surface area contributed by atoms with Crippen LogP contribution in [0.4, 0.5) is 4.39 Å². The number of nitrogens with zero attached hydrogens (tertiary/aromatic N) is 2. The monoisotopic (exact) mass is 396 g/mol. The van der Waals surface area contributed by atoms with Crippen LogP contribution in [0, 0.1) is 11.7 Å². The minimum atomic E-state index is -0.398. The predicted molar refractivity (Wildman–Crippen MR) is 107 cm³/mol. The van der Waals surface area contributed by atoms with E-state index in [1.165, 1.54) is 17.7 Å². The molecule has 0 spiro atoms. The fourth-order valence-electron chi connectivity index (χ4n) is 4.87. The van der Waals surface area contributed by atoms with Gasteiger partial charge < -0.3 is 14.2 Å². The Balaban J connectivity index is 1.53. The van der Waals surface area contributed by atoms with Crippen LogP contribution >= 0.6 is 0 Å². The van der Waals surface area contributed by atoms with Gasteiger partial charge in [-0.3, -0.25) is 5.01 Å². The fraction of sp³-hybridized carbons (Fsp3) is 0.435. The van der Waals surface area contributed by atoms with E-state index in [1.807, 2.05) is 30.3 Å². The molecule has 2 unspecified atom stereocenters. The van der Waals surface area contributed by atoms with Crippen LogP contribution in [0.2, 0.25) is 0 Å². The molecule has 3 aliphatic heterocycles. The van der Waals surface area contributed by atoms with Gasteiger partial charge in [-0.15, -0.1) is 0 Å². The molecule has 1 saturated heterocycles. The molecule has 2 aromatic rings. The number of hydrogen-bond donors (Lipinski definition) is 0. The molecule has 29 heavy (non-hydrogen) atoms. The number of halogens is 1. The molecule has 0 bridgehead atoms. The summed E-state index contributed by atoms with van der Waals surface area (Å²) >= 11 is 0. The van der Waals surface area contributed by atoms with E-state index in [9.17, 15) is 4.39 Å². The van der Waals surface area contributed by atoms with Crippen LogP contribution in [0.3, 0.4) is 0 Å². The van der Waals surface area contributed by atoms with Crippen molar-refractivity contribution in [2.45, 2.75) is 31.1 Å². The molecule has 0 aromatic heterocycles. The van der Waals surface area contributed by atoms with Crippen LogP contribution < -0.4 is 4.74 Å². The minimum Gasteiger partial charge on any atom is -0.492 e. The average molecular weight is 396 g/mol. The number of ether oxygens (including phenoxy) is 3. The van der Waals surface area contributed by atoms with Gasteiger partial charge in [0, 0.05) is 19.0 Å². The van der Waals surface area contributed by atoms with Crippen LogP contribution in [0.15, 0.2) is 53.6 Å². The summed E-state index contributed by atoms with van der Waals surface area (Å²) in [5, 5.41) is 6.94. The lowest BCUT2D eigenvalue weighted by molar-refractivity contribution is -0.185. The normalized spacial score (nSPS) is 26.5. The lowest BCUT2D eigenvalue weighted by Gasteiger charge is -2.43. The van der Waals surface area contributed by atoms with E-state index < -0.39 is 5.54 Å². The van der Waals surface area contributed by atoms with Gasteiger partial charge in [0.25, 0.3) is 0 Å². The predicted octanol–water partition coefficient (Wildman–Crippen LogP) is 3.92. The lowest BCUT2D eigenvalue weighted by Crippen LogP contribution is -2.48. The van der Waals surface area contributed by atoms with Crippen LogP contribution in [-0.4, -0.2) is 43.9 Å². The van der Waals surface area contributed by atoms with Crippen molar-refractivity contribution >= 4 is 5.71 Å². The van der Waals surface area contributed by atoms with E-state index in [2.05, 4.69) is 12.1 Å². The van der Waals surface area contributed by atoms with Crippen molar-refractivity contribution < 1.29 is 18.6 Å². The molecule has 3 aliphatic rings. The van der Waals surface area contributed by atoms with Gasteiger partial charge in [-0.2, -0.15) is 5.10 Å². The van der Waals surface area contributed by atoms with E-state index in [0.717, 1.165) is 43.8 Å². The van der Waals surface area contributed by atoms with Crippen molar-refractivity contribution in [3.8, 4) is 5.75 Å². The Hall–Kier alpha value is -2.44. The van der Waals surface area contributed by atoms with Crippen molar-refractivity contribution in [3.63, 3.8) is 0 Å². The Morgan fingerprint density at radius 3 is 2.72 bits per heavy atom. The SMILES string of the molecule is CN1N=C2c3cc(F)ccc3OCC2C1(CCC1OCCCO1)c1ccccc1. The lowest BCUT2D eigenvalue weighted by atomic mass is 9.71. The number of rotatable bonds is 4. The van der Waals surface area contributed by atoms with Crippen LogP contribution in [-0.2, 0) is 15.0 Å². The smallest absolute Gasteiger partial charge is 0.157 e. The molecule has 0 saturated carbocycles. The van der Waals surface area contributed by atoms with Crippen LogP contribution in [0.25, 0.3) is 0 Å². The minimum absolute atomic E-state index is 0.00668. The second-order valence-corrected chi connectivity index (χ2v) is 7.87. The zero-order chi connectivity index (χ0) is 19.8. The summed E-state index contributed by atoms with van der Waals surface area (Å²) in [7, 11) is 2.00.